The summed E-state index contributed by atoms with van der Waals surface area (Å²) in [7, 11) is 0. The molecule has 0 aliphatic carbocycles. The summed E-state index contributed by atoms with van der Waals surface area (Å²) < 4.78 is 1.67. The highest BCUT2D eigenvalue weighted by atomic mass is 16.2. The molecule has 2 aromatic heterocycles. The Bertz CT molecular complexity index is 729. The molecule has 33 heavy (non-hydrogen) atoms. The Kier molecular flexibility index (Phi) is 15.0. The van der Waals surface area contributed by atoms with Crippen LogP contribution in [0.1, 0.15) is 110 Å². The molecule has 184 valence electrons. The highest BCUT2D eigenvalue weighted by molar-refractivity contribution is 5.75. The SMILES string of the molecule is CCCCCCCCCCCCCCCCCCNC(=O)Cn1ccc(-c2ccccn2)n1. The molecule has 0 bridgehead atoms. The topological polar surface area (TPSA) is 59.8 Å². The highest BCUT2D eigenvalue weighted by Crippen LogP contribution is 2.14. The lowest BCUT2D eigenvalue weighted by molar-refractivity contribution is -0.121. The first-order valence-corrected chi connectivity index (χ1v) is 13.5. The van der Waals surface area contributed by atoms with Gasteiger partial charge in [0.2, 0.25) is 5.91 Å². The maximum absolute atomic E-state index is 12.1. The van der Waals surface area contributed by atoms with Gasteiger partial charge in [-0.05, 0) is 24.6 Å². The van der Waals surface area contributed by atoms with Crippen LogP contribution < -0.4 is 5.32 Å². The zero-order chi connectivity index (χ0) is 23.4. The minimum absolute atomic E-state index is 0.0200. The van der Waals surface area contributed by atoms with Crippen LogP contribution in [0.15, 0.2) is 36.7 Å². The van der Waals surface area contributed by atoms with E-state index in [0.717, 1.165) is 24.4 Å². The molecule has 0 fully saturated rings. The third-order valence-corrected chi connectivity index (χ3v) is 6.23. The number of hydrogen-bond donors (Lipinski definition) is 1. The zero-order valence-corrected chi connectivity index (χ0v) is 20.9. The summed E-state index contributed by atoms with van der Waals surface area (Å²) >= 11 is 0. The quantitative estimate of drug-likeness (QED) is 0.213. The molecule has 1 amide bonds. The Morgan fingerprint density at radius 3 is 1.88 bits per heavy atom. The first-order valence-electron chi connectivity index (χ1n) is 13.5. The molecular formula is C28H46N4O. The van der Waals surface area contributed by atoms with Gasteiger partial charge in [-0.1, -0.05) is 109 Å². The summed E-state index contributed by atoms with van der Waals surface area (Å²) in [4.78, 5) is 16.4. The molecule has 5 heteroatoms. The molecule has 0 aliphatic heterocycles. The Labute approximate surface area is 201 Å². The zero-order valence-electron chi connectivity index (χ0n) is 20.9. The lowest BCUT2D eigenvalue weighted by Gasteiger charge is -2.06. The van der Waals surface area contributed by atoms with Crippen LogP contribution in [0, 0.1) is 0 Å². The fraction of sp³-hybridized carbons (Fsp3) is 0.679. The van der Waals surface area contributed by atoms with E-state index in [4.69, 9.17) is 0 Å². The largest absolute Gasteiger partial charge is 0.354 e. The smallest absolute Gasteiger partial charge is 0.241 e. The number of carbonyl (C=O) groups excluding carboxylic acids is 1. The summed E-state index contributed by atoms with van der Waals surface area (Å²) in [6.45, 7) is 3.29. The number of aromatic nitrogens is 3. The third-order valence-electron chi connectivity index (χ3n) is 6.23. The predicted octanol–water partition coefficient (Wildman–Crippen LogP) is 7.32. The minimum Gasteiger partial charge on any atom is -0.354 e. The van der Waals surface area contributed by atoms with Crippen molar-refractivity contribution in [1.82, 2.24) is 20.1 Å². The molecular weight excluding hydrogens is 408 g/mol. The van der Waals surface area contributed by atoms with E-state index in [-0.39, 0.29) is 12.5 Å². The fourth-order valence-corrected chi connectivity index (χ4v) is 4.20. The molecule has 0 aromatic carbocycles. The van der Waals surface area contributed by atoms with Crippen LogP contribution in [0.4, 0.5) is 0 Å². The molecule has 0 aliphatic rings. The third kappa shape index (κ3) is 13.2. The fourth-order valence-electron chi connectivity index (χ4n) is 4.20. The monoisotopic (exact) mass is 454 g/mol. The summed E-state index contributed by atoms with van der Waals surface area (Å²) in [5.41, 5.74) is 1.62. The number of nitrogens with one attached hydrogen (secondary N) is 1. The average molecular weight is 455 g/mol. The maximum Gasteiger partial charge on any atom is 0.241 e. The lowest BCUT2D eigenvalue weighted by Crippen LogP contribution is -2.28. The van der Waals surface area contributed by atoms with Gasteiger partial charge < -0.3 is 5.32 Å². The van der Waals surface area contributed by atoms with Crippen LogP contribution in [0.25, 0.3) is 11.4 Å². The van der Waals surface area contributed by atoms with Gasteiger partial charge in [-0.15, -0.1) is 0 Å². The highest BCUT2D eigenvalue weighted by Gasteiger charge is 2.06. The van der Waals surface area contributed by atoms with Gasteiger partial charge in [0.05, 0.1) is 5.69 Å². The van der Waals surface area contributed by atoms with Crippen molar-refractivity contribution in [3.8, 4) is 11.4 Å². The predicted molar refractivity (Wildman–Crippen MR) is 138 cm³/mol. The minimum atomic E-state index is 0.0200. The van der Waals surface area contributed by atoms with Crippen LogP contribution in [-0.2, 0) is 11.3 Å². The molecule has 0 radical (unpaired) electrons. The molecule has 1 N–H and O–H groups in total. The molecule has 2 heterocycles. The van der Waals surface area contributed by atoms with Crippen molar-refractivity contribution >= 4 is 5.91 Å². The van der Waals surface area contributed by atoms with E-state index < -0.39 is 0 Å². The lowest BCUT2D eigenvalue weighted by atomic mass is 10.0. The second-order valence-corrected chi connectivity index (χ2v) is 9.27. The van der Waals surface area contributed by atoms with Crippen molar-refractivity contribution in [3.05, 3.63) is 36.7 Å². The van der Waals surface area contributed by atoms with Crippen LogP contribution in [0.3, 0.4) is 0 Å². The van der Waals surface area contributed by atoms with Crippen molar-refractivity contribution < 1.29 is 4.79 Å². The molecule has 2 rings (SSSR count). The van der Waals surface area contributed by atoms with Crippen molar-refractivity contribution in [3.63, 3.8) is 0 Å². The van der Waals surface area contributed by atoms with Crippen molar-refractivity contribution in [2.45, 2.75) is 116 Å². The number of carbonyl (C=O) groups is 1. The van der Waals surface area contributed by atoms with E-state index in [0.29, 0.717) is 0 Å². The molecule has 0 spiro atoms. The van der Waals surface area contributed by atoms with Crippen molar-refractivity contribution in [2.24, 2.45) is 0 Å². The van der Waals surface area contributed by atoms with Gasteiger partial charge >= 0.3 is 0 Å². The van der Waals surface area contributed by atoms with Gasteiger partial charge in [0.1, 0.15) is 12.2 Å². The molecule has 0 unspecified atom stereocenters. The van der Waals surface area contributed by atoms with Crippen LogP contribution in [-0.4, -0.2) is 27.2 Å². The van der Waals surface area contributed by atoms with E-state index in [1.807, 2.05) is 30.5 Å². The number of unbranched alkanes of at least 4 members (excludes halogenated alkanes) is 15. The summed E-state index contributed by atoms with van der Waals surface area (Å²) in [6, 6.07) is 7.63. The number of rotatable bonds is 20. The average Bonchev–Trinajstić information content (AvgIpc) is 3.30. The van der Waals surface area contributed by atoms with Gasteiger partial charge in [-0.3, -0.25) is 14.5 Å². The van der Waals surface area contributed by atoms with Gasteiger partial charge in [0, 0.05) is 18.9 Å². The van der Waals surface area contributed by atoms with Gasteiger partial charge in [-0.25, -0.2) is 0 Å². The van der Waals surface area contributed by atoms with E-state index >= 15 is 0 Å². The van der Waals surface area contributed by atoms with E-state index in [1.165, 1.54) is 96.3 Å². The molecule has 0 atom stereocenters. The molecule has 0 saturated carbocycles. The molecule has 5 nitrogen and oxygen atoms in total. The molecule has 0 saturated heterocycles. The van der Waals surface area contributed by atoms with Crippen LogP contribution in [0.2, 0.25) is 0 Å². The maximum atomic E-state index is 12.1. The van der Waals surface area contributed by atoms with E-state index in [1.54, 1.807) is 10.9 Å². The van der Waals surface area contributed by atoms with Gasteiger partial charge in [0.15, 0.2) is 0 Å². The number of hydrogen-bond acceptors (Lipinski definition) is 3. The summed E-state index contributed by atoms with van der Waals surface area (Å²) in [6.07, 6.45) is 25.4. The number of nitrogens with zero attached hydrogens (tertiary/aromatic N) is 3. The Hall–Kier alpha value is -2.17. The second-order valence-electron chi connectivity index (χ2n) is 9.27. The van der Waals surface area contributed by atoms with Crippen LogP contribution >= 0.6 is 0 Å². The number of amides is 1. The second kappa shape index (κ2) is 18.3. The van der Waals surface area contributed by atoms with Crippen molar-refractivity contribution in [1.29, 1.82) is 0 Å². The standard InChI is InChI=1S/C28H46N4O/c1-2-3-4-5-6-7-8-9-10-11-12-13-14-15-16-18-23-30-28(33)25-32-24-21-27(31-32)26-20-17-19-22-29-26/h17,19-22,24H,2-16,18,23,25H2,1H3,(H,30,33). The first kappa shape index (κ1) is 27.1. The first-order chi connectivity index (χ1) is 16.3. The van der Waals surface area contributed by atoms with E-state index in [9.17, 15) is 4.79 Å². The summed E-state index contributed by atoms with van der Waals surface area (Å²) in [5.74, 6) is 0.0200. The van der Waals surface area contributed by atoms with Gasteiger partial charge in [-0.2, -0.15) is 5.10 Å². The molecule has 2 aromatic rings. The van der Waals surface area contributed by atoms with Crippen LogP contribution in [0.5, 0.6) is 0 Å². The van der Waals surface area contributed by atoms with Crippen molar-refractivity contribution in [2.75, 3.05) is 6.54 Å². The van der Waals surface area contributed by atoms with Gasteiger partial charge in [0.25, 0.3) is 0 Å². The Balaban J connectivity index is 1.35. The summed E-state index contributed by atoms with van der Waals surface area (Å²) in [5, 5.41) is 7.46. The normalized spacial score (nSPS) is 11.1. The number of pyridine rings is 1. The Morgan fingerprint density at radius 2 is 1.33 bits per heavy atom. The van der Waals surface area contributed by atoms with E-state index in [2.05, 4.69) is 22.3 Å². The Morgan fingerprint density at radius 1 is 0.758 bits per heavy atom.